The van der Waals surface area contributed by atoms with Gasteiger partial charge in [0.2, 0.25) is 0 Å². The lowest BCUT2D eigenvalue weighted by Crippen LogP contribution is -2.01. The van der Waals surface area contributed by atoms with Gasteiger partial charge in [-0.15, -0.1) is 0 Å². The summed E-state index contributed by atoms with van der Waals surface area (Å²) in [4.78, 5) is 0. The summed E-state index contributed by atoms with van der Waals surface area (Å²) in [6.07, 6.45) is 14.8. The number of allylic oxidation sites excluding steroid dienone is 2. The maximum absolute atomic E-state index is 2.49. The van der Waals surface area contributed by atoms with Crippen molar-refractivity contribution in [2.24, 2.45) is 0 Å². The number of aryl methyl sites for hydroxylation is 2. The van der Waals surface area contributed by atoms with E-state index in [1.54, 1.807) is 44.5 Å². The van der Waals surface area contributed by atoms with Crippen molar-refractivity contribution in [1.82, 2.24) is 0 Å². The minimum absolute atomic E-state index is 0.565. The van der Waals surface area contributed by atoms with Gasteiger partial charge in [-0.1, -0.05) is 112 Å². The molecule has 44 heavy (non-hydrogen) atoms. The second kappa shape index (κ2) is 11.7. The molecule has 0 aromatic heterocycles. The quantitative estimate of drug-likeness (QED) is 0.227. The fraction of sp³-hybridized carbons (Fsp3) is 0.364. The minimum atomic E-state index is 0.565. The number of fused-ring (bicyclic) bond motifs is 4. The van der Waals surface area contributed by atoms with Crippen LogP contribution in [-0.4, -0.2) is 0 Å². The molecule has 0 heterocycles. The first-order valence-electron chi connectivity index (χ1n) is 17.2. The van der Waals surface area contributed by atoms with Crippen molar-refractivity contribution in [2.45, 2.75) is 105 Å². The molecule has 0 saturated carbocycles. The second-order valence-electron chi connectivity index (χ2n) is 14.4. The topological polar surface area (TPSA) is 0 Å². The summed E-state index contributed by atoms with van der Waals surface area (Å²) < 4.78 is 0. The van der Waals surface area contributed by atoms with Crippen LogP contribution >= 0.6 is 0 Å². The highest BCUT2D eigenvalue weighted by Crippen LogP contribution is 2.45. The van der Waals surface area contributed by atoms with Gasteiger partial charge >= 0.3 is 0 Å². The van der Waals surface area contributed by atoms with E-state index in [1.807, 2.05) is 0 Å². The van der Waals surface area contributed by atoms with Gasteiger partial charge in [0.05, 0.1) is 0 Å². The van der Waals surface area contributed by atoms with Gasteiger partial charge in [-0.2, -0.15) is 0 Å². The van der Waals surface area contributed by atoms with Crippen molar-refractivity contribution < 1.29 is 0 Å². The molecule has 0 unspecified atom stereocenters. The van der Waals surface area contributed by atoms with E-state index in [1.165, 1.54) is 83.1 Å². The Bertz CT molecular complexity index is 1820. The molecular weight excluding hydrogens is 528 g/mol. The van der Waals surface area contributed by atoms with E-state index >= 15 is 0 Å². The average molecular weight is 577 g/mol. The molecule has 4 aliphatic carbocycles. The summed E-state index contributed by atoms with van der Waals surface area (Å²) in [6, 6.07) is 23.0. The van der Waals surface area contributed by atoms with Crippen LogP contribution in [0, 0.1) is 0 Å². The van der Waals surface area contributed by atoms with Gasteiger partial charge in [0.1, 0.15) is 0 Å². The van der Waals surface area contributed by atoms with Gasteiger partial charge in [0.15, 0.2) is 0 Å². The van der Waals surface area contributed by atoms with Gasteiger partial charge in [0, 0.05) is 0 Å². The van der Waals surface area contributed by atoms with Crippen LogP contribution in [0.4, 0.5) is 0 Å². The summed E-state index contributed by atoms with van der Waals surface area (Å²) in [5.41, 5.74) is 24.6. The van der Waals surface area contributed by atoms with E-state index in [-0.39, 0.29) is 0 Å². The molecule has 8 rings (SSSR count). The van der Waals surface area contributed by atoms with E-state index in [0.717, 1.165) is 12.8 Å². The average Bonchev–Trinajstić information content (AvgIpc) is 3.80. The molecule has 4 aromatic carbocycles. The lowest BCUT2D eigenvalue weighted by molar-refractivity contribution is 0.867. The SMILES string of the molecule is CC1=Cc2c(cc3c(c2-c2ccccc2C(C)C)CCC3)C1.CC1=Cc2cc3c(c(-c4ccccc4C(C)C)c2C1)CCC3. The first-order chi connectivity index (χ1) is 21.3. The highest BCUT2D eigenvalue weighted by molar-refractivity contribution is 5.86. The smallest absolute Gasteiger partial charge is 0.00543 e. The molecule has 0 heteroatoms. The van der Waals surface area contributed by atoms with Gasteiger partial charge in [0.25, 0.3) is 0 Å². The van der Waals surface area contributed by atoms with E-state index in [0.29, 0.717) is 11.8 Å². The molecule has 224 valence electrons. The third kappa shape index (κ3) is 5.11. The van der Waals surface area contributed by atoms with E-state index in [4.69, 9.17) is 0 Å². The van der Waals surface area contributed by atoms with Crippen LogP contribution in [0.3, 0.4) is 0 Å². The van der Waals surface area contributed by atoms with E-state index in [9.17, 15) is 0 Å². The van der Waals surface area contributed by atoms with Crippen molar-refractivity contribution in [3.8, 4) is 22.3 Å². The van der Waals surface area contributed by atoms with Gasteiger partial charge in [-0.05, 0) is 155 Å². The van der Waals surface area contributed by atoms with Crippen molar-refractivity contribution >= 4 is 12.2 Å². The summed E-state index contributed by atoms with van der Waals surface area (Å²) in [6.45, 7) is 13.8. The van der Waals surface area contributed by atoms with Crippen LogP contribution in [0.15, 0.2) is 71.8 Å². The Morgan fingerprint density at radius 2 is 1.07 bits per heavy atom. The highest BCUT2D eigenvalue weighted by Gasteiger charge is 2.27. The Morgan fingerprint density at radius 3 is 1.70 bits per heavy atom. The summed E-state index contributed by atoms with van der Waals surface area (Å²) in [7, 11) is 0. The summed E-state index contributed by atoms with van der Waals surface area (Å²) in [5, 5.41) is 0. The van der Waals surface area contributed by atoms with Crippen molar-refractivity contribution in [3.63, 3.8) is 0 Å². The number of benzene rings is 4. The third-order valence-corrected chi connectivity index (χ3v) is 10.5. The van der Waals surface area contributed by atoms with Crippen molar-refractivity contribution in [1.29, 1.82) is 0 Å². The Hall–Kier alpha value is -3.64. The van der Waals surface area contributed by atoms with Gasteiger partial charge in [-0.25, -0.2) is 0 Å². The molecule has 0 bridgehead atoms. The molecule has 0 amide bonds. The number of rotatable bonds is 4. The van der Waals surface area contributed by atoms with Crippen LogP contribution in [0.5, 0.6) is 0 Å². The zero-order chi connectivity index (χ0) is 30.5. The Labute approximate surface area is 266 Å². The molecule has 0 aliphatic heterocycles. The molecule has 0 saturated heterocycles. The Balaban J connectivity index is 0.000000142. The van der Waals surface area contributed by atoms with Gasteiger partial charge < -0.3 is 0 Å². The summed E-state index contributed by atoms with van der Waals surface area (Å²) in [5.74, 6) is 1.13. The molecule has 4 aliphatic rings. The molecule has 0 radical (unpaired) electrons. The molecule has 0 atom stereocenters. The van der Waals surface area contributed by atoms with Crippen molar-refractivity contribution in [3.05, 3.63) is 127 Å². The Kier molecular flexibility index (Phi) is 7.74. The molecule has 0 nitrogen and oxygen atoms in total. The molecule has 0 spiro atoms. The van der Waals surface area contributed by atoms with E-state index < -0.39 is 0 Å². The fourth-order valence-electron chi connectivity index (χ4n) is 8.55. The minimum Gasteiger partial charge on any atom is -0.0683 e. The maximum atomic E-state index is 2.49. The largest absolute Gasteiger partial charge is 0.0683 e. The number of hydrogen-bond donors (Lipinski definition) is 0. The zero-order valence-electron chi connectivity index (χ0n) is 27.7. The second-order valence-corrected chi connectivity index (χ2v) is 14.4. The lowest BCUT2D eigenvalue weighted by atomic mass is 9.84. The normalized spacial score (nSPS) is 15.9. The fourth-order valence-corrected chi connectivity index (χ4v) is 8.55. The highest BCUT2D eigenvalue weighted by atomic mass is 14.3. The van der Waals surface area contributed by atoms with Crippen LogP contribution in [0.2, 0.25) is 0 Å². The zero-order valence-corrected chi connectivity index (χ0v) is 27.7. The molecule has 0 fully saturated rings. The lowest BCUT2D eigenvalue weighted by Gasteiger charge is -2.20. The third-order valence-electron chi connectivity index (χ3n) is 10.5. The van der Waals surface area contributed by atoms with Crippen LogP contribution in [-0.2, 0) is 38.5 Å². The van der Waals surface area contributed by atoms with Gasteiger partial charge in [-0.3, -0.25) is 0 Å². The van der Waals surface area contributed by atoms with E-state index in [2.05, 4.69) is 114 Å². The van der Waals surface area contributed by atoms with Crippen LogP contribution in [0.25, 0.3) is 34.4 Å². The molecule has 0 N–H and O–H groups in total. The van der Waals surface area contributed by atoms with Crippen LogP contribution < -0.4 is 0 Å². The first kappa shape index (κ1) is 29.1. The standard InChI is InChI=1S/2C22H24/c2*1-14(2)18-8-4-5-9-20(18)22-19-10-6-7-16(19)13-17-11-15(3)12-21(17)22/h4-5,8-9,12-14H,6-7,10-11H2,1-3H3;4-5,8-9,11,13-14H,6-7,10,12H2,1-3H3. The first-order valence-corrected chi connectivity index (χ1v) is 17.2. The monoisotopic (exact) mass is 576 g/mol. The number of hydrogen-bond acceptors (Lipinski definition) is 0. The maximum Gasteiger partial charge on any atom is -0.00543 e. The predicted octanol–water partition coefficient (Wildman–Crippen LogP) is 11.9. The molecular formula is C44H48. The predicted molar refractivity (Wildman–Crippen MR) is 191 cm³/mol. The van der Waals surface area contributed by atoms with Crippen molar-refractivity contribution in [2.75, 3.05) is 0 Å². The molecule has 4 aromatic rings. The Morgan fingerprint density at radius 1 is 0.523 bits per heavy atom. The van der Waals surface area contributed by atoms with Crippen LogP contribution in [0.1, 0.15) is 122 Å². The summed E-state index contributed by atoms with van der Waals surface area (Å²) >= 11 is 0.